The largest absolute Gasteiger partial charge is 0.478 e. The Hall–Kier alpha value is -16.4. The number of carboxylic acid groups (broad SMARTS) is 1. The lowest BCUT2D eigenvalue weighted by Gasteiger charge is -2.10. The van der Waals surface area contributed by atoms with Gasteiger partial charge in [0.25, 0.3) is 32.9 Å². The summed E-state index contributed by atoms with van der Waals surface area (Å²) in [7, 11) is -0.139. The van der Waals surface area contributed by atoms with Gasteiger partial charge in [-0.2, -0.15) is 13.7 Å². The Morgan fingerprint density at radius 1 is 0.390 bits per heavy atom. The van der Waals surface area contributed by atoms with Gasteiger partial charge in [0.2, 0.25) is 0 Å². The summed E-state index contributed by atoms with van der Waals surface area (Å²) in [6.07, 6.45) is 25.0. The van der Waals surface area contributed by atoms with E-state index in [2.05, 4.69) is 68.0 Å². The van der Waals surface area contributed by atoms with Crippen molar-refractivity contribution in [3.05, 3.63) is 404 Å². The van der Waals surface area contributed by atoms with Crippen LogP contribution in [0.1, 0.15) is 27.0 Å². The number of benzene rings is 8. The number of fused-ring (bicyclic) bond motifs is 8. The van der Waals surface area contributed by atoms with Gasteiger partial charge < -0.3 is 10.0 Å². The molecule has 29 nitrogen and oxygen atoms in total. The van der Waals surface area contributed by atoms with E-state index in [1.54, 1.807) is 190 Å². The zero-order chi connectivity index (χ0) is 84.4. The van der Waals surface area contributed by atoms with E-state index in [1.807, 2.05) is 123 Å². The highest BCUT2D eigenvalue weighted by atomic mass is 32.2. The number of nitrogens with zero attached hydrogens (tertiary/aromatic N) is 16. The van der Waals surface area contributed by atoms with Crippen LogP contribution in [-0.4, -0.2) is 108 Å². The number of hydrogen-bond acceptors (Lipinski definition) is 23. The average molecular weight is 1590 g/mol. The van der Waals surface area contributed by atoms with E-state index < -0.39 is 25.9 Å². The Bertz CT molecular complexity index is 6370. The molecule has 586 valence electrons. The summed E-state index contributed by atoms with van der Waals surface area (Å²) in [5.74, 6) is -0.918. The van der Waals surface area contributed by atoms with Crippen molar-refractivity contribution in [2.24, 2.45) is 0 Å². The van der Waals surface area contributed by atoms with Crippen LogP contribution in [0.2, 0.25) is 0 Å². The van der Waals surface area contributed by atoms with Crippen LogP contribution >= 0.6 is 0 Å². The molecule has 0 amide bonds. The third-order valence-corrected chi connectivity index (χ3v) is 17.6. The molecule has 0 saturated heterocycles. The van der Waals surface area contributed by atoms with E-state index in [0.29, 0.717) is 65.6 Å². The zero-order valence-electron chi connectivity index (χ0n) is 63.3. The molecule has 0 aliphatic rings. The number of nitriles is 1. The van der Waals surface area contributed by atoms with Gasteiger partial charge in [0.1, 0.15) is 11.0 Å². The Kier molecular flexibility index (Phi) is 31.1. The summed E-state index contributed by atoms with van der Waals surface area (Å²) in [5.41, 5.74) is 8.15. The molecule has 0 aliphatic heterocycles. The van der Waals surface area contributed by atoms with Crippen LogP contribution in [-0.2, 0) is 10.1 Å². The van der Waals surface area contributed by atoms with Gasteiger partial charge in [-0.05, 0) is 145 Å². The predicted octanol–water partition coefficient (Wildman–Crippen LogP) is 19.2. The smallest absolute Gasteiger partial charge is 0.336 e. The lowest BCUT2D eigenvalue weighted by atomic mass is 10.1. The van der Waals surface area contributed by atoms with Gasteiger partial charge in [-0.1, -0.05) is 109 Å². The van der Waals surface area contributed by atoms with Crippen LogP contribution in [0, 0.1) is 65.6 Å². The number of para-hydroxylation sites is 2. The molecular weight excluding hydrogens is 1520 g/mol. The molecule has 30 heteroatoms. The first-order valence-corrected chi connectivity index (χ1v) is 36.7. The number of aromatic nitrogens is 10. The Morgan fingerprint density at radius 3 is 1.47 bits per heavy atom. The molecule has 10 heterocycles. The molecule has 18 aromatic rings. The molecule has 118 heavy (non-hydrogen) atoms. The van der Waals surface area contributed by atoms with Crippen molar-refractivity contribution in [3.63, 3.8) is 0 Å². The van der Waals surface area contributed by atoms with E-state index in [0.717, 1.165) is 27.2 Å². The van der Waals surface area contributed by atoms with E-state index >= 15 is 0 Å². The van der Waals surface area contributed by atoms with Gasteiger partial charge in [-0.15, -0.1) is 0 Å². The third kappa shape index (κ3) is 24.8. The molecule has 18 rings (SSSR count). The number of aryl methyl sites for hydroxylation is 2. The number of rotatable bonds is 7. The minimum Gasteiger partial charge on any atom is -0.478 e. The Balaban J connectivity index is 0.000000150. The lowest BCUT2D eigenvalue weighted by Crippen LogP contribution is -2.07. The Morgan fingerprint density at radius 2 is 0.864 bits per heavy atom. The standard InChI is InChI=1S/C10H8N2O2.C10H6N2.C10H7NO2.3C9H6N2O2.C9H7NO3S.C9H7N.C7H10N2.C6H7N/c1-7-4-5-9-8(3-2-6-11-9)10(7)12(13)14;11-6-8-5-9-3-1-2-4-10(9)12-7-8;12-10(13)8-5-6-11-9-4-2-1-3-7(8)9;12-11(13)9-5-1-4-8-7(9)3-2-6-10-8;12-11(13)8-3-4-9-7(6-8)2-1-5-10-9;12-11(13)9-3-1-2-7-6-10-5-4-8(7)9;11-14(12,13)9-3-1-2-7-6-10-5-4-8(7)9;1-2-4-9-7-10-6-5-8(9)3-1;1-9(2)7-3-5-8-6-4-7;1-6-3-2-4-7-5-6/h2-6H,1H3;1-5,7H;1-6H,(H,12,13);3*1-6H;1-6H,(H,11,12,13);1-7H;3-6H,1-2H3;2-5H,1H3. The summed E-state index contributed by atoms with van der Waals surface area (Å²) in [5, 5.41) is 68.6. The van der Waals surface area contributed by atoms with Crippen molar-refractivity contribution in [2.45, 2.75) is 18.7 Å². The van der Waals surface area contributed by atoms with E-state index in [-0.39, 0.29) is 37.5 Å². The number of carbonyl (C=O) groups is 1. The van der Waals surface area contributed by atoms with Crippen LogP contribution in [0.5, 0.6) is 0 Å². The van der Waals surface area contributed by atoms with E-state index in [4.69, 9.17) is 14.9 Å². The van der Waals surface area contributed by atoms with Crippen molar-refractivity contribution in [1.82, 2.24) is 49.8 Å². The molecule has 0 spiro atoms. The number of nitro benzene ring substituents is 4. The number of pyridine rings is 10. The Labute approximate surface area is 673 Å². The molecule has 0 fully saturated rings. The molecule has 0 radical (unpaired) electrons. The van der Waals surface area contributed by atoms with Gasteiger partial charge in [0.05, 0.1) is 74.6 Å². The maximum Gasteiger partial charge on any atom is 0.336 e. The summed E-state index contributed by atoms with van der Waals surface area (Å²) in [6, 6.07) is 74.6. The van der Waals surface area contributed by atoms with Crippen LogP contribution in [0.4, 0.5) is 28.4 Å². The number of aromatic carboxylic acids is 1. The van der Waals surface area contributed by atoms with Gasteiger partial charge in [0, 0.05) is 175 Å². The van der Waals surface area contributed by atoms with Gasteiger partial charge in [-0.25, -0.2) is 4.79 Å². The lowest BCUT2D eigenvalue weighted by molar-refractivity contribution is -0.384. The number of carboxylic acids is 1. The predicted molar refractivity (Wildman–Crippen MR) is 454 cm³/mol. The molecule has 10 aromatic heterocycles. The molecule has 0 atom stereocenters. The molecular formula is C88H70N16O13S. The molecule has 0 aliphatic carbocycles. The number of nitro groups is 4. The van der Waals surface area contributed by atoms with Crippen LogP contribution < -0.4 is 4.90 Å². The molecule has 0 saturated carbocycles. The molecule has 2 N–H and O–H groups in total. The van der Waals surface area contributed by atoms with Crippen LogP contribution in [0.15, 0.2) is 347 Å². The van der Waals surface area contributed by atoms with E-state index in [9.17, 15) is 53.7 Å². The first-order valence-electron chi connectivity index (χ1n) is 35.3. The highest BCUT2D eigenvalue weighted by molar-refractivity contribution is 7.86. The maximum absolute atomic E-state index is 11.0. The summed E-state index contributed by atoms with van der Waals surface area (Å²) in [4.78, 5) is 93.5. The van der Waals surface area contributed by atoms with Gasteiger partial charge in [0.15, 0.2) is 0 Å². The number of non-ortho nitro benzene ring substituents is 3. The van der Waals surface area contributed by atoms with Gasteiger partial charge in [-0.3, -0.25) is 94.8 Å². The summed E-state index contributed by atoms with van der Waals surface area (Å²) < 4.78 is 30.9. The molecule has 0 bridgehead atoms. The minimum absolute atomic E-state index is 0.0857. The number of anilines is 1. The van der Waals surface area contributed by atoms with Crippen molar-refractivity contribution in [1.29, 1.82) is 5.26 Å². The third-order valence-electron chi connectivity index (χ3n) is 16.7. The van der Waals surface area contributed by atoms with Crippen LogP contribution in [0.3, 0.4) is 0 Å². The molecule has 8 aromatic carbocycles. The SMILES string of the molecule is CN(C)c1ccncc1.Cc1ccc2ncccc2c1[N+](=O)[O-].Cc1cccnc1.N#Cc1cnc2ccccc2c1.O=C(O)c1ccnc2ccccc12.O=S(=O)(O)c1cccc2cnccc12.O=[N+]([O-])c1ccc2ncccc2c1.O=[N+]([O-])c1cccc2cnccc12.O=[N+]([O-])c1cccc2ncccc12.c1ccc2cnccc2c1. The van der Waals surface area contributed by atoms with Crippen LogP contribution in [0.25, 0.3) is 86.8 Å². The monoisotopic (exact) mass is 1590 g/mol. The first kappa shape index (κ1) is 85.6. The maximum atomic E-state index is 11.0. The van der Waals surface area contributed by atoms with Gasteiger partial charge >= 0.3 is 5.97 Å². The highest BCUT2D eigenvalue weighted by Gasteiger charge is 2.17. The second kappa shape index (κ2) is 42.9. The second-order valence-corrected chi connectivity index (χ2v) is 26.2. The minimum atomic E-state index is -4.16. The highest BCUT2D eigenvalue weighted by Crippen LogP contribution is 2.29. The number of hydrogen-bond donors (Lipinski definition) is 2. The molecule has 0 unspecified atom stereocenters. The normalized spacial score (nSPS) is 10.1. The van der Waals surface area contributed by atoms with E-state index in [1.165, 1.54) is 70.8 Å². The van der Waals surface area contributed by atoms with Crippen molar-refractivity contribution in [3.8, 4) is 6.07 Å². The topological polar surface area (TPSA) is 420 Å². The average Bonchev–Trinajstić information content (AvgIpc) is 0.794. The fourth-order valence-electron chi connectivity index (χ4n) is 11.0. The van der Waals surface area contributed by atoms with Crippen molar-refractivity contribution in [2.75, 3.05) is 19.0 Å². The summed E-state index contributed by atoms with van der Waals surface area (Å²) >= 11 is 0. The fourth-order valence-corrected chi connectivity index (χ4v) is 11.7. The quantitative estimate of drug-likeness (QED) is 0.0850. The first-order chi connectivity index (χ1) is 57.0. The van der Waals surface area contributed by atoms with Crippen molar-refractivity contribution < 1.29 is 42.6 Å². The van der Waals surface area contributed by atoms with Crippen molar-refractivity contribution >= 4 is 131 Å². The summed E-state index contributed by atoms with van der Waals surface area (Å²) in [6.45, 7) is 3.75. The zero-order valence-corrected chi connectivity index (χ0v) is 64.1. The second-order valence-electron chi connectivity index (χ2n) is 24.8. The fraction of sp³-hybridized carbons (Fsp3) is 0.0455.